The minimum Gasteiger partial charge on any atom is -0.478 e. The van der Waals surface area contributed by atoms with Gasteiger partial charge >= 0.3 is 5.97 Å². The fourth-order valence-corrected chi connectivity index (χ4v) is 2.69. The summed E-state index contributed by atoms with van der Waals surface area (Å²) in [5.41, 5.74) is 2.14. The molecule has 1 heterocycles. The number of benzene rings is 1. The van der Waals surface area contributed by atoms with Gasteiger partial charge in [-0.05, 0) is 36.5 Å². The summed E-state index contributed by atoms with van der Waals surface area (Å²) in [7, 11) is 0. The quantitative estimate of drug-likeness (QED) is 0.842. The van der Waals surface area contributed by atoms with Gasteiger partial charge in [0.1, 0.15) is 0 Å². The van der Waals surface area contributed by atoms with E-state index in [-0.39, 0.29) is 0 Å². The standard InChI is InChI=1S/C16H21NO2/c1-2-13-6-5-11-17(12-13)15-8-4-3-7-14(15)9-10-16(18)19/h3-4,7-10,13H,2,5-6,11-12H2,1H3,(H,18,19)/b10-9+. The summed E-state index contributed by atoms with van der Waals surface area (Å²) < 4.78 is 0. The average molecular weight is 259 g/mol. The van der Waals surface area contributed by atoms with Crippen LogP contribution >= 0.6 is 0 Å². The zero-order valence-corrected chi connectivity index (χ0v) is 11.4. The summed E-state index contributed by atoms with van der Waals surface area (Å²) >= 11 is 0. The number of hydrogen-bond donors (Lipinski definition) is 1. The largest absolute Gasteiger partial charge is 0.478 e. The minimum absolute atomic E-state index is 0.755. The molecule has 2 rings (SSSR count). The highest BCUT2D eigenvalue weighted by molar-refractivity contribution is 5.87. The summed E-state index contributed by atoms with van der Waals surface area (Å²) in [5.74, 6) is -0.148. The van der Waals surface area contributed by atoms with Crippen molar-refractivity contribution in [1.82, 2.24) is 0 Å². The van der Waals surface area contributed by atoms with Crippen LogP contribution in [0.25, 0.3) is 6.08 Å². The molecule has 0 amide bonds. The van der Waals surface area contributed by atoms with Crippen LogP contribution in [-0.4, -0.2) is 24.2 Å². The maximum Gasteiger partial charge on any atom is 0.328 e. The van der Waals surface area contributed by atoms with Crippen molar-refractivity contribution in [3.05, 3.63) is 35.9 Å². The van der Waals surface area contributed by atoms with Gasteiger partial charge in [0.05, 0.1) is 0 Å². The molecule has 0 radical (unpaired) electrons. The van der Waals surface area contributed by atoms with Crippen LogP contribution in [0.3, 0.4) is 0 Å². The fraction of sp³-hybridized carbons (Fsp3) is 0.438. The molecule has 0 aromatic heterocycles. The third kappa shape index (κ3) is 3.60. The van der Waals surface area contributed by atoms with Crippen LogP contribution < -0.4 is 4.90 Å². The van der Waals surface area contributed by atoms with Gasteiger partial charge < -0.3 is 10.0 Å². The zero-order chi connectivity index (χ0) is 13.7. The van der Waals surface area contributed by atoms with E-state index in [4.69, 9.17) is 5.11 Å². The van der Waals surface area contributed by atoms with Crippen molar-refractivity contribution in [1.29, 1.82) is 0 Å². The Hall–Kier alpha value is -1.77. The van der Waals surface area contributed by atoms with Gasteiger partial charge in [-0.25, -0.2) is 4.79 Å². The summed E-state index contributed by atoms with van der Waals surface area (Å²) in [6.45, 7) is 4.38. The first-order valence-electron chi connectivity index (χ1n) is 6.95. The van der Waals surface area contributed by atoms with E-state index in [9.17, 15) is 4.79 Å². The molecule has 0 aliphatic carbocycles. The maximum absolute atomic E-state index is 10.7. The molecule has 1 aromatic carbocycles. The van der Waals surface area contributed by atoms with Gasteiger partial charge in [0.15, 0.2) is 0 Å². The van der Waals surface area contributed by atoms with E-state index in [1.807, 2.05) is 18.2 Å². The van der Waals surface area contributed by atoms with Crippen molar-refractivity contribution in [3.63, 3.8) is 0 Å². The van der Waals surface area contributed by atoms with Crippen molar-refractivity contribution >= 4 is 17.7 Å². The second kappa shape index (κ2) is 6.41. The molecule has 0 saturated carbocycles. The first-order chi connectivity index (χ1) is 9.20. The Balaban J connectivity index is 2.21. The first kappa shape index (κ1) is 13.7. The number of anilines is 1. The first-order valence-corrected chi connectivity index (χ1v) is 6.95. The Bertz CT molecular complexity index is 468. The number of carboxylic acid groups (broad SMARTS) is 1. The third-order valence-electron chi connectivity index (χ3n) is 3.78. The lowest BCUT2D eigenvalue weighted by Crippen LogP contribution is -2.35. The van der Waals surface area contributed by atoms with Gasteiger partial charge in [-0.15, -0.1) is 0 Å². The molecule has 0 bridgehead atoms. The van der Waals surface area contributed by atoms with E-state index in [0.29, 0.717) is 0 Å². The van der Waals surface area contributed by atoms with Crippen LogP contribution in [0.2, 0.25) is 0 Å². The van der Waals surface area contributed by atoms with Crippen LogP contribution in [0.15, 0.2) is 30.3 Å². The highest BCUT2D eigenvalue weighted by atomic mass is 16.4. The summed E-state index contributed by atoms with van der Waals surface area (Å²) in [6, 6.07) is 8.03. The van der Waals surface area contributed by atoms with Gasteiger partial charge in [0.25, 0.3) is 0 Å². The second-order valence-electron chi connectivity index (χ2n) is 5.09. The van der Waals surface area contributed by atoms with Crippen LogP contribution in [0.1, 0.15) is 31.7 Å². The van der Waals surface area contributed by atoms with Crippen LogP contribution in [0.5, 0.6) is 0 Å². The second-order valence-corrected chi connectivity index (χ2v) is 5.09. The molecule has 1 atom stereocenters. The number of carboxylic acids is 1. The molecule has 19 heavy (non-hydrogen) atoms. The molecular weight excluding hydrogens is 238 g/mol. The van der Waals surface area contributed by atoms with Gasteiger partial charge in [0, 0.05) is 24.9 Å². The molecule has 3 heteroatoms. The molecule has 1 fully saturated rings. The number of nitrogens with zero attached hydrogens (tertiary/aromatic N) is 1. The number of aliphatic carboxylic acids is 1. The molecule has 1 aromatic rings. The van der Waals surface area contributed by atoms with Crippen LogP contribution in [-0.2, 0) is 4.79 Å². The lowest BCUT2D eigenvalue weighted by atomic mass is 9.94. The molecule has 1 N–H and O–H groups in total. The van der Waals surface area contributed by atoms with Crippen molar-refractivity contribution < 1.29 is 9.90 Å². The lowest BCUT2D eigenvalue weighted by molar-refractivity contribution is -0.131. The van der Waals surface area contributed by atoms with Gasteiger partial charge in [-0.1, -0.05) is 31.5 Å². The normalized spacial score (nSPS) is 19.8. The average Bonchev–Trinajstić information content (AvgIpc) is 2.45. The van der Waals surface area contributed by atoms with Crippen molar-refractivity contribution in [2.45, 2.75) is 26.2 Å². The van der Waals surface area contributed by atoms with Crippen LogP contribution in [0.4, 0.5) is 5.69 Å². The Morgan fingerprint density at radius 1 is 1.47 bits per heavy atom. The SMILES string of the molecule is CCC1CCCN(c2ccccc2/C=C/C(=O)O)C1. The maximum atomic E-state index is 10.7. The number of piperidine rings is 1. The predicted octanol–water partition coefficient (Wildman–Crippen LogP) is 3.41. The Morgan fingerprint density at radius 2 is 2.26 bits per heavy atom. The van der Waals surface area contributed by atoms with E-state index >= 15 is 0 Å². The van der Waals surface area contributed by atoms with Gasteiger partial charge in [-0.3, -0.25) is 0 Å². The number of para-hydroxylation sites is 1. The monoisotopic (exact) mass is 259 g/mol. The lowest BCUT2D eigenvalue weighted by Gasteiger charge is -2.35. The molecule has 1 aliphatic rings. The number of hydrogen-bond acceptors (Lipinski definition) is 2. The predicted molar refractivity (Wildman–Crippen MR) is 78.3 cm³/mol. The summed E-state index contributed by atoms with van der Waals surface area (Å²) in [4.78, 5) is 13.0. The molecule has 1 saturated heterocycles. The summed E-state index contributed by atoms with van der Waals surface area (Å²) in [6.07, 6.45) is 6.63. The molecule has 1 unspecified atom stereocenters. The summed E-state index contributed by atoms with van der Waals surface area (Å²) in [5, 5.41) is 8.76. The van der Waals surface area contributed by atoms with Crippen molar-refractivity contribution in [3.8, 4) is 0 Å². The zero-order valence-electron chi connectivity index (χ0n) is 11.4. The highest BCUT2D eigenvalue weighted by Gasteiger charge is 2.19. The molecule has 102 valence electrons. The Labute approximate surface area is 114 Å². The fourth-order valence-electron chi connectivity index (χ4n) is 2.69. The molecule has 0 spiro atoms. The van der Waals surface area contributed by atoms with E-state index < -0.39 is 5.97 Å². The minimum atomic E-state index is -0.903. The van der Waals surface area contributed by atoms with Gasteiger partial charge in [-0.2, -0.15) is 0 Å². The number of carbonyl (C=O) groups is 1. The van der Waals surface area contributed by atoms with E-state index in [1.165, 1.54) is 25.3 Å². The topological polar surface area (TPSA) is 40.5 Å². The third-order valence-corrected chi connectivity index (χ3v) is 3.78. The Morgan fingerprint density at radius 3 is 3.00 bits per heavy atom. The smallest absolute Gasteiger partial charge is 0.328 e. The Kier molecular flexibility index (Phi) is 4.61. The van der Waals surface area contributed by atoms with E-state index in [1.54, 1.807) is 6.08 Å². The molecular formula is C16H21NO2. The molecule has 3 nitrogen and oxygen atoms in total. The molecule has 1 aliphatic heterocycles. The van der Waals surface area contributed by atoms with E-state index in [0.717, 1.165) is 30.3 Å². The number of rotatable bonds is 4. The van der Waals surface area contributed by atoms with Crippen LogP contribution in [0, 0.1) is 5.92 Å². The van der Waals surface area contributed by atoms with E-state index in [2.05, 4.69) is 17.9 Å². The highest BCUT2D eigenvalue weighted by Crippen LogP contribution is 2.28. The van der Waals surface area contributed by atoms with Gasteiger partial charge in [0.2, 0.25) is 0 Å². The van der Waals surface area contributed by atoms with Crippen molar-refractivity contribution in [2.75, 3.05) is 18.0 Å². The van der Waals surface area contributed by atoms with Crippen molar-refractivity contribution in [2.24, 2.45) is 5.92 Å².